The van der Waals surface area contributed by atoms with Crippen molar-refractivity contribution in [2.45, 2.75) is 6.92 Å². The van der Waals surface area contributed by atoms with Crippen LogP contribution in [-0.2, 0) is 9.59 Å². The molecular formula is C21H18N2O3S2. The lowest BCUT2D eigenvalue weighted by Gasteiger charge is -2.15. The second kappa shape index (κ2) is 8.86. The van der Waals surface area contributed by atoms with Crippen LogP contribution in [0.25, 0.3) is 6.08 Å². The zero-order valence-electron chi connectivity index (χ0n) is 15.2. The van der Waals surface area contributed by atoms with Gasteiger partial charge in [0.1, 0.15) is 12.4 Å². The molecule has 2 amide bonds. The smallest absolute Gasteiger partial charge is 0.270 e. The van der Waals surface area contributed by atoms with E-state index in [1.165, 1.54) is 23.6 Å². The molecule has 0 aromatic heterocycles. The van der Waals surface area contributed by atoms with E-state index in [0.717, 1.165) is 11.3 Å². The molecular weight excluding hydrogens is 392 g/mol. The maximum absolute atomic E-state index is 12.8. The third-order valence-corrected chi connectivity index (χ3v) is 5.09. The van der Waals surface area contributed by atoms with E-state index in [9.17, 15) is 9.59 Å². The number of hydrogen-bond donors (Lipinski definition) is 1. The lowest BCUT2D eigenvalue weighted by atomic mass is 10.2. The van der Waals surface area contributed by atoms with Gasteiger partial charge in [-0.1, -0.05) is 48.8 Å². The molecule has 1 saturated heterocycles. The Bertz CT molecular complexity index is 951. The van der Waals surface area contributed by atoms with Gasteiger partial charge in [0.25, 0.3) is 5.91 Å². The normalized spacial score (nSPS) is 15.0. The van der Waals surface area contributed by atoms with Crippen LogP contribution in [0, 0.1) is 0 Å². The van der Waals surface area contributed by atoms with Crippen molar-refractivity contribution < 1.29 is 14.3 Å². The van der Waals surface area contributed by atoms with Gasteiger partial charge in [-0.3, -0.25) is 14.5 Å². The van der Waals surface area contributed by atoms with Gasteiger partial charge in [0.15, 0.2) is 4.32 Å². The molecule has 2 aromatic rings. The first-order valence-electron chi connectivity index (χ1n) is 8.47. The molecule has 1 fully saturated rings. The predicted molar refractivity (Wildman–Crippen MR) is 119 cm³/mol. The first-order valence-corrected chi connectivity index (χ1v) is 9.70. The number of carbonyl (C=O) groups is 2. The van der Waals surface area contributed by atoms with Gasteiger partial charge in [-0.2, -0.15) is 0 Å². The van der Waals surface area contributed by atoms with E-state index in [0.29, 0.717) is 27.2 Å². The molecule has 0 radical (unpaired) electrons. The van der Waals surface area contributed by atoms with Crippen molar-refractivity contribution in [1.82, 2.24) is 0 Å². The summed E-state index contributed by atoms with van der Waals surface area (Å²) in [5.74, 6) is 0.417. The minimum Gasteiger partial charge on any atom is -0.490 e. The standard InChI is InChI=1S/C21H18N2O3S2/c1-3-12-26-18-10-4-15(5-11-18)13-19-20(25)23(21(27)28-19)17-8-6-16(7-9-17)22-14(2)24/h3-11,13H,1,12H2,2H3,(H,22,24)/b19-13-. The Morgan fingerprint density at radius 2 is 1.89 bits per heavy atom. The van der Waals surface area contributed by atoms with Gasteiger partial charge >= 0.3 is 0 Å². The Labute approximate surface area is 173 Å². The van der Waals surface area contributed by atoms with Gasteiger partial charge in [-0.05, 0) is 48.0 Å². The van der Waals surface area contributed by atoms with Crippen LogP contribution in [0.5, 0.6) is 5.75 Å². The van der Waals surface area contributed by atoms with E-state index in [-0.39, 0.29) is 11.8 Å². The van der Waals surface area contributed by atoms with E-state index in [2.05, 4.69) is 11.9 Å². The number of rotatable bonds is 6. The van der Waals surface area contributed by atoms with Crippen LogP contribution in [0.3, 0.4) is 0 Å². The van der Waals surface area contributed by atoms with Crippen LogP contribution in [0.1, 0.15) is 12.5 Å². The van der Waals surface area contributed by atoms with E-state index in [1.54, 1.807) is 30.3 Å². The minimum atomic E-state index is -0.172. The number of thioether (sulfide) groups is 1. The summed E-state index contributed by atoms with van der Waals surface area (Å²) >= 11 is 6.65. The summed E-state index contributed by atoms with van der Waals surface area (Å²) in [5.41, 5.74) is 2.21. The number of nitrogens with one attached hydrogen (secondary N) is 1. The Kier molecular flexibility index (Phi) is 6.28. The van der Waals surface area contributed by atoms with Crippen molar-refractivity contribution in [1.29, 1.82) is 0 Å². The topological polar surface area (TPSA) is 58.6 Å². The molecule has 0 saturated carbocycles. The van der Waals surface area contributed by atoms with Gasteiger partial charge < -0.3 is 10.1 Å². The molecule has 1 aliphatic heterocycles. The monoisotopic (exact) mass is 410 g/mol. The van der Waals surface area contributed by atoms with Crippen molar-refractivity contribution in [3.05, 3.63) is 71.7 Å². The average Bonchev–Trinajstić information content (AvgIpc) is 2.95. The number of ether oxygens (including phenoxy) is 1. The van der Waals surface area contributed by atoms with Crippen molar-refractivity contribution in [3.8, 4) is 5.75 Å². The fourth-order valence-electron chi connectivity index (χ4n) is 2.55. The summed E-state index contributed by atoms with van der Waals surface area (Å²) in [6.07, 6.45) is 3.49. The predicted octanol–water partition coefficient (Wildman–Crippen LogP) is 4.62. The fourth-order valence-corrected chi connectivity index (χ4v) is 3.85. The van der Waals surface area contributed by atoms with Gasteiger partial charge in [-0.25, -0.2) is 0 Å². The van der Waals surface area contributed by atoms with E-state index < -0.39 is 0 Å². The van der Waals surface area contributed by atoms with E-state index in [4.69, 9.17) is 17.0 Å². The largest absolute Gasteiger partial charge is 0.490 e. The molecule has 3 rings (SSSR count). The lowest BCUT2D eigenvalue weighted by molar-refractivity contribution is -0.114. The fraction of sp³-hybridized carbons (Fsp3) is 0.0952. The first-order chi connectivity index (χ1) is 13.5. The Morgan fingerprint density at radius 1 is 1.21 bits per heavy atom. The van der Waals surface area contributed by atoms with Gasteiger partial charge in [0.2, 0.25) is 5.91 Å². The number of nitrogens with zero attached hydrogens (tertiary/aromatic N) is 1. The molecule has 0 bridgehead atoms. The highest BCUT2D eigenvalue weighted by molar-refractivity contribution is 8.27. The maximum Gasteiger partial charge on any atom is 0.270 e. The molecule has 0 atom stereocenters. The average molecular weight is 411 g/mol. The highest BCUT2D eigenvalue weighted by Crippen LogP contribution is 2.36. The first kappa shape index (κ1) is 19.9. The summed E-state index contributed by atoms with van der Waals surface area (Å²) in [6, 6.07) is 14.4. The van der Waals surface area contributed by atoms with E-state index >= 15 is 0 Å². The Hall–Kier alpha value is -2.90. The number of hydrogen-bond acceptors (Lipinski definition) is 5. The summed E-state index contributed by atoms with van der Waals surface area (Å²) in [7, 11) is 0. The summed E-state index contributed by atoms with van der Waals surface area (Å²) in [5, 5.41) is 2.70. The maximum atomic E-state index is 12.8. The highest BCUT2D eigenvalue weighted by Gasteiger charge is 2.33. The third kappa shape index (κ3) is 4.68. The Morgan fingerprint density at radius 3 is 2.50 bits per heavy atom. The van der Waals surface area contributed by atoms with E-state index in [1.807, 2.05) is 30.3 Å². The van der Waals surface area contributed by atoms with Crippen molar-refractivity contribution >= 4 is 57.6 Å². The molecule has 28 heavy (non-hydrogen) atoms. The summed E-state index contributed by atoms with van der Waals surface area (Å²) in [6.45, 7) is 5.50. The molecule has 7 heteroatoms. The number of anilines is 2. The van der Waals surface area contributed by atoms with Gasteiger partial charge in [0, 0.05) is 12.6 Å². The quantitative estimate of drug-likeness (QED) is 0.428. The summed E-state index contributed by atoms with van der Waals surface area (Å²) < 4.78 is 5.93. The molecule has 1 aliphatic rings. The molecule has 0 aliphatic carbocycles. The van der Waals surface area contributed by atoms with Crippen LogP contribution < -0.4 is 15.0 Å². The zero-order chi connectivity index (χ0) is 20.1. The molecule has 142 valence electrons. The van der Waals surface area contributed by atoms with Crippen LogP contribution in [0.4, 0.5) is 11.4 Å². The lowest BCUT2D eigenvalue weighted by Crippen LogP contribution is -2.27. The molecule has 5 nitrogen and oxygen atoms in total. The number of thiocarbonyl (C=S) groups is 1. The van der Waals surface area contributed by atoms with Crippen LogP contribution in [0.15, 0.2) is 66.1 Å². The van der Waals surface area contributed by atoms with Crippen molar-refractivity contribution in [2.75, 3.05) is 16.8 Å². The molecule has 1 heterocycles. The minimum absolute atomic E-state index is 0.151. The molecule has 2 aromatic carbocycles. The second-order valence-electron chi connectivity index (χ2n) is 5.91. The van der Waals surface area contributed by atoms with Gasteiger partial charge in [-0.15, -0.1) is 0 Å². The number of benzene rings is 2. The second-order valence-corrected chi connectivity index (χ2v) is 7.59. The van der Waals surface area contributed by atoms with Crippen LogP contribution >= 0.6 is 24.0 Å². The SMILES string of the molecule is C=CCOc1ccc(/C=C2\SC(=S)N(c3ccc(NC(C)=O)cc3)C2=O)cc1. The van der Waals surface area contributed by atoms with Crippen molar-refractivity contribution in [3.63, 3.8) is 0 Å². The third-order valence-electron chi connectivity index (χ3n) is 3.79. The molecule has 0 unspecified atom stereocenters. The van der Waals surface area contributed by atoms with Crippen LogP contribution in [-0.4, -0.2) is 22.7 Å². The highest BCUT2D eigenvalue weighted by atomic mass is 32.2. The van der Waals surface area contributed by atoms with Crippen LogP contribution in [0.2, 0.25) is 0 Å². The zero-order valence-corrected chi connectivity index (χ0v) is 16.8. The Balaban J connectivity index is 1.76. The van der Waals surface area contributed by atoms with Gasteiger partial charge in [0.05, 0.1) is 10.6 Å². The molecule has 0 spiro atoms. The number of amides is 2. The number of carbonyl (C=O) groups excluding carboxylic acids is 2. The molecule has 1 N–H and O–H groups in total. The summed E-state index contributed by atoms with van der Waals surface area (Å²) in [4.78, 5) is 26.0. The van der Waals surface area contributed by atoms with Crippen molar-refractivity contribution in [2.24, 2.45) is 0 Å².